The zero-order valence-electron chi connectivity index (χ0n) is 12.7. The Labute approximate surface area is 143 Å². The van der Waals surface area contributed by atoms with Crippen molar-refractivity contribution in [3.63, 3.8) is 0 Å². The molecule has 1 fully saturated rings. The number of carbonyl (C=O) groups is 2. The molecule has 2 aromatic carbocycles. The average Bonchev–Trinajstić information content (AvgIpc) is 2.88. The van der Waals surface area contributed by atoms with Crippen LogP contribution in [0.15, 0.2) is 48.5 Å². The molecule has 1 atom stereocenters. The van der Waals surface area contributed by atoms with Gasteiger partial charge in [-0.2, -0.15) is 0 Å². The highest BCUT2D eigenvalue weighted by Crippen LogP contribution is 2.20. The maximum Gasteiger partial charge on any atom is 0.416 e. The van der Waals surface area contributed by atoms with Crippen LogP contribution < -0.4 is 0 Å². The first-order valence-corrected chi connectivity index (χ1v) is 7.88. The molecule has 0 saturated carbocycles. The lowest BCUT2D eigenvalue weighted by molar-refractivity contribution is -0.128. The Hall–Kier alpha value is -2.40. The third-order valence-corrected chi connectivity index (χ3v) is 4.04. The number of rotatable bonds is 4. The van der Waals surface area contributed by atoms with Gasteiger partial charge in [0.2, 0.25) is 5.91 Å². The zero-order valence-corrected chi connectivity index (χ0v) is 13.5. The molecule has 0 N–H and O–H groups in total. The number of cyclic esters (lactones) is 1. The van der Waals surface area contributed by atoms with Crippen molar-refractivity contribution in [2.45, 2.75) is 18.9 Å². The van der Waals surface area contributed by atoms with Crippen LogP contribution in [-0.2, 0) is 22.4 Å². The van der Waals surface area contributed by atoms with Gasteiger partial charge in [0.25, 0.3) is 0 Å². The van der Waals surface area contributed by atoms with E-state index in [9.17, 15) is 14.0 Å². The molecule has 0 unspecified atom stereocenters. The number of ether oxygens (including phenoxy) is 1. The molecule has 2 amide bonds. The van der Waals surface area contributed by atoms with E-state index in [0.717, 1.165) is 16.5 Å². The highest BCUT2D eigenvalue weighted by atomic mass is 35.5. The summed E-state index contributed by atoms with van der Waals surface area (Å²) in [4.78, 5) is 25.5. The summed E-state index contributed by atoms with van der Waals surface area (Å²) >= 11 is 5.80. The summed E-state index contributed by atoms with van der Waals surface area (Å²) in [6, 6.07) is 13.1. The van der Waals surface area contributed by atoms with Crippen LogP contribution in [0.5, 0.6) is 0 Å². The van der Waals surface area contributed by atoms with Crippen molar-refractivity contribution in [1.29, 1.82) is 0 Å². The van der Waals surface area contributed by atoms with E-state index in [0.29, 0.717) is 12.0 Å². The molecular formula is C18H15ClFNO3. The van der Waals surface area contributed by atoms with Crippen molar-refractivity contribution in [2.75, 3.05) is 6.61 Å². The van der Waals surface area contributed by atoms with E-state index in [-0.39, 0.29) is 24.1 Å². The molecule has 0 aromatic heterocycles. The van der Waals surface area contributed by atoms with Gasteiger partial charge in [0.15, 0.2) is 0 Å². The van der Waals surface area contributed by atoms with Crippen LogP contribution in [0.1, 0.15) is 11.1 Å². The highest BCUT2D eigenvalue weighted by Gasteiger charge is 2.37. The number of halogens is 2. The van der Waals surface area contributed by atoms with Crippen LogP contribution in [-0.4, -0.2) is 29.5 Å². The number of imide groups is 1. The summed E-state index contributed by atoms with van der Waals surface area (Å²) in [5.74, 6) is -0.949. The van der Waals surface area contributed by atoms with Crippen LogP contribution in [0, 0.1) is 5.82 Å². The van der Waals surface area contributed by atoms with E-state index in [2.05, 4.69) is 0 Å². The summed E-state index contributed by atoms with van der Waals surface area (Å²) in [6.07, 6.45) is -0.261. The first kappa shape index (κ1) is 16.5. The van der Waals surface area contributed by atoms with Gasteiger partial charge in [-0.25, -0.2) is 14.1 Å². The van der Waals surface area contributed by atoms with Crippen LogP contribution in [0.4, 0.5) is 9.18 Å². The fourth-order valence-electron chi connectivity index (χ4n) is 2.78. The second-order valence-electron chi connectivity index (χ2n) is 5.64. The van der Waals surface area contributed by atoms with Crippen LogP contribution in [0.2, 0.25) is 5.02 Å². The normalized spacial score (nSPS) is 17.0. The number of hydrogen-bond donors (Lipinski definition) is 0. The fraction of sp³-hybridized carbons (Fsp3) is 0.222. The Morgan fingerprint density at radius 2 is 1.96 bits per heavy atom. The minimum absolute atomic E-state index is 0.113. The SMILES string of the molecule is O=C(Cc1cc(F)cc(Cl)c1)N1C(=O)OC[C@@H]1Cc1ccccc1. The second-order valence-corrected chi connectivity index (χ2v) is 6.08. The predicted molar refractivity (Wildman–Crippen MR) is 87.2 cm³/mol. The maximum absolute atomic E-state index is 13.4. The van der Waals surface area contributed by atoms with Gasteiger partial charge < -0.3 is 4.74 Å². The second kappa shape index (κ2) is 7.01. The van der Waals surface area contributed by atoms with Gasteiger partial charge in [0.1, 0.15) is 12.4 Å². The van der Waals surface area contributed by atoms with Crippen molar-refractivity contribution in [1.82, 2.24) is 4.90 Å². The fourth-order valence-corrected chi connectivity index (χ4v) is 3.02. The van der Waals surface area contributed by atoms with Gasteiger partial charge >= 0.3 is 6.09 Å². The van der Waals surface area contributed by atoms with Gasteiger partial charge in [-0.3, -0.25) is 4.79 Å². The van der Waals surface area contributed by atoms with Crippen LogP contribution in [0.3, 0.4) is 0 Å². The molecule has 4 nitrogen and oxygen atoms in total. The third kappa shape index (κ3) is 3.74. The first-order valence-electron chi connectivity index (χ1n) is 7.50. The molecule has 2 aromatic rings. The molecule has 1 heterocycles. The largest absolute Gasteiger partial charge is 0.447 e. The summed E-state index contributed by atoms with van der Waals surface area (Å²) in [5, 5.41) is 0.211. The smallest absolute Gasteiger partial charge is 0.416 e. The Balaban J connectivity index is 1.74. The first-order chi connectivity index (χ1) is 11.5. The average molecular weight is 348 g/mol. The molecule has 124 valence electrons. The lowest BCUT2D eigenvalue weighted by Crippen LogP contribution is -2.41. The van der Waals surface area contributed by atoms with Gasteiger partial charge in [-0.15, -0.1) is 0 Å². The van der Waals surface area contributed by atoms with E-state index < -0.39 is 17.8 Å². The number of nitrogens with zero attached hydrogens (tertiary/aromatic N) is 1. The molecule has 0 spiro atoms. The summed E-state index contributed by atoms with van der Waals surface area (Å²) < 4.78 is 18.4. The number of amides is 2. The van der Waals surface area contributed by atoms with E-state index in [4.69, 9.17) is 16.3 Å². The Morgan fingerprint density at radius 1 is 1.21 bits per heavy atom. The molecule has 1 aliphatic rings. The van der Waals surface area contributed by atoms with Crippen molar-refractivity contribution in [3.05, 3.63) is 70.5 Å². The summed E-state index contributed by atoms with van der Waals surface area (Å²) in [5.41, 5.74) is 1.43. The molecule has 0 radical (unpaired) electrons. The molecular weight excluding hydrogens is 333 g/mol. The Morgan fingerprint density at radius 3 is 2.67 bits per heavy atom. The van der Waals surface area contributed by atoms with Crippen molar-refractivity contribution >= 4 is 23.6 Å². The van der Waals surface area contributed by atoms with Gasteiger partial charge in [-0.05, 0) is 35.7 Å². The molecule has 1 saturated heterocycles. The highest BCUT2D eigenvalue weighted by molar-refractivity contribution is 6.30. The number of benzene rings is 2. The molecule has 24 heavy (non-hydrogen) atoms. The van der Waals surface area contributed by atoms with Crippen molar-refractivity contribution in [2.24, 2.45) is 0 Å². The minimum Gasteiger partial charge on any atom is -0.447 e. The Kier molecular flexibility index (Phi) is 4.81. The number of hydrogen-bond acceptors (Lipinski definition) is 3. The lowest BCUT2D eigenvalue weighted by atomic mass is 10.0. The van der Waals surface area contributed by atoms with Gasteiger partial charge in [0.05, 0.1) is 12.5 Å². The van der Waals surface area contributed by atoms with E-state index in [1.54, 1.807) is 0 Å². The minimum atomic E-state index is -0.663. The topological polar surface area (TPSA) is 46.6 Å². The summed E-state index contributed by atoms with van der Waals surface area (Å²) in [7, 11) is 0. The Bertz CT molecular complexity index is 746. The standard InChI is InChI=1S/C18H15ClFNO3/c19-14-6-13(7-15(20)10-14)9-17(22)21-16(11-24-18(21)23)8-12-4-2-1-3-5-12/h1-7,10,16H,8-9,11H2/t16-/m0/s1. The van der Waals surface area contributed by atoms with Crippen LogP contribution >= 0.6 is 11.6 Å². The van der Waals surface area contributed by atoms with Crippen molar-refractivity contribution < 1.29 is 18.7 Å². The molecule has 1 aliphatic heterocycles. The van der Waals surface area contributed by atoms with E-state index in [1.807, 2.05) is 30.3 Å². The van der Waals surface area contributed by atoms with E-state index >= 15 is 0 Å². The maximum atomic E-state index is 13.4. The number of carbonyl (C=O) groups excluding carboxylic acids is 2. The van der Waals surface area contributed by atoms with Crippen molar-refractivity contribution in [3.8, 4) is 0 Å². The van der Waals surface area contributed by atoms with E-state index in [1.165, 1.54) is 12.1 Å². The molecule has 0 bridgehead atoms. The molecule has 6 heteroatoms. The monoisotopic (exact) mass is 347 g/mol. The van der Waals surface area contributed by atoms with Gasteiger partial charge in [-0.1, -0.05) is 41.9 Å². The zero-order chi connectivity index (χ0) is 17.1. The third-order valence-electron chi connectivity index (χ3n) is 3.82. The summed E-state index contributed by atoms with van der Waals surface area (Å²) in [6.45, 7) is 0.156. The molecule has 0 aliphatic carbocycles. The van der Waals surface area contributed by atoms with Gasteiger partial charge in [0, 0.05) is 5.02 Å². The molecule has 3 rings (SSSR count). The van der Waals surface area contributed by atoms with Crippen LogP contribution in [0.25, 0.3) is 0 Å². The lowest BCUT2D eigenvalue weighted by Gasteiger charge is -2.19. The quantitative estimate of drug-likeness (QED) is 0.848. The predicted octanol–water partition coefficient (Wildman–Crippen LogP) is 3.61.